The number of aliphatic imine (C=N–C) groups is 1. The molecule has 94 valence electrons. The Morgan fingerprint density at radius 1 is 1.41 bits per heavy atom. The van der Waals surface area contributed by atoms with Gasteiger partial charge in [-0.15, -0.1) is 11.3 Å². The Hall–Kier alpha value is -0.550. The molecule has 2 unspecified atom stereocenters. The Morgan fingerprint density at radius 3 is 2.76 bits per heavy atom. The molecule has 5 heteroatoms. The first-order valence-corrected chi connectivity index (χ1v) is 7.66. The molecule has 2 heterocycles. The van der Waals surface area contributed by atoms with Crippen LogP contribution in [0.1, 0.15) is 39.1 Å². The van der Waals surface area contributed by atoms with E-state index in [0.29, 0.717) is 11.3 Å². The molecule has 17 heavy (non-hydrogen) atoms. The van der Waals surface area contributed by atoms with E-state index in [1.165, 1.54) is 0 Å². The first kappa shape index (κ1) is 12.9. The number of amidine groups is 1. The van der Waals surface area contributed by atoms with E-state index in [1.54, 1.807) is 11.3 Å². The third-order valence-corrected chi connectivity index (χ3v) is 4.83. The lowest BCUT2D eigenvalue weighted by Crippen LogP contribution is -2.42. The highest BCUT2D eigenvalue weighted by molar-refractivity contribution is 8.14. The number of aromatic nitrogens is 1. The van der Waals surface area contributed by atoms with Gasteiger partial charge in [0.15, 0.2) is 5.17 Å². The van der Waals surface area contributed by atoms with Crippen molar-refractivity contribution in [3.05, 3.63) is 16.6 Å². The lowest BCUT2D eigenvalue weighted by atomic mass is 10.1. The van der Waals surface area contributed by atoms with Crippen molar-refractivity contribution in [3.63, 3.8) is 0 Å². The molecule has 1 aromatic heterocycles. The van der Waals surface area contributed by atoms with Crippen LogP contribution >= 0.6 is 23.1 Å². The van der Waals surface area contributed by atoms with Crippen molar-refractivity contribution >= 4 is 28.3 Å². The van der Waals surface area contributed by atoms with E-state index in [1.807, 2.05) is 23.3 Å². The summed E-state index contributed by atoms with van der Waals surface area (Å²) < 4.78 is 0. The molecule has 0 fully saturated rings. The fourth-order valence-corrected chi connectivity index (χ4v) is 3.95. The molecule has 2 atom stereocenters. The van der Waals surface area contributed by atoms with Crippen LogP contribution in [0.2, 0.25) is 0 Å². The van der Waals surface area contributed by atoms with Crippen molar-refractivity contribution in [3.8, 4) is 0 Å². The Bertz CT molecular complexity index is 398. The molecular formula is C12H19N3S2. The number of hydrogen-bond donors (Lipinski definition) is 1. The minimum absolute atomic E-state index is 0.142. The second kappa shape index (κ2) is 4.98. The van der Waals surface area contributed by atoms with E-state index in [9.17, 15) is 0 Å². The molecule has 1 aliphatic heterocycles. The highest BCUT2D eigenvalue weighted by Crippen LogP contribution is 2.28. The van der Waals surface area contributed by atoms with Gasteiger partial charge in [0.1, 0.15) is 5.01 Å². The number of thiazole rings is 1. The van der Waals surface area contributed by atoms with Crippen LogP contribution in [0.3, 0.4) is 0 Å². The van der Waals surface area contributed by atoms with Gasteiger partial charge in [-0.2, -0.15) is 0 Å². The summed E-state index contributed by atoms with van der Waals surface area (Å²) in [6.45, 7) is 8.74. The predicted octanol–water partition coefficient (Wildman–Crippen LogP) is 3.24. The first-order chi connectivity index (χ1) is 7.97. The van der Waals surface area contributed by atoms with Gasteiger partial charge in [-0.05, 0) is 27.2 Å². The Morgan fingerprint density at radius 2 is 2.18 bits per heavy atom. The number of nitrogens with one attached hydrogen (secondary N) is 1. The summed E-state index contributed by atoms with van der Waals surface area (Å²) in [6, 6.07) is 0.417. The molecule has 0 bridgehead atoms. The van der Waals surface area contributed by atoms with E-state index >= 15 is 0 Å². The number of rotatable bonds is 2. The second-order valence-electron chi connectivity index (χ2n) is 5.03. The van der Waals surface area contributed by atoms with Crippen molar-refractivity contribution in [2.24, 2.45) is 4.99 Å². The number of nitrogens with zero attached hydrogens (tertiary/aromatic N) is 2. The van der Waals surface area contributed by atoms with Gasteiger partial charge in [0.25, 0.3) is 0 Å². The maximum atomic E-state index is 4.67. The lowest BCUT2D eigenvalue weighted by Gasteiger charge is -2.30. The smallest absolute Gasteiger partial charge is 0.157 e. The molecule has 2 rings (SSSR count). The summed E-state index contributed by atoms with van der Waals surface area (Å²) in [7, 11) is 0. The molecule has 0 aliphatic carbocycles. The largest absolute Gasteiger partial charge is 0.354 e. The summed E-state index contributed by atoms with van der Waals surface area (Å²) in [6.07, 6.45) is 3.01. The molecule has 1 aromatic rings. The van der Waals surface area contributed by atoms with Crippen LogP contribution in [-0.2, 0) is 5.54 Å². The van der Waals surface area contributed by atoms with Crippen LogP contribution < -0.4 is 5.32 Å². The van der Waals surface area contributed by atoms with Gasteiger partial charge < -0.3 is 5.32 Å². The molecule has 0 saturated heterocycles. The monoisotopic (exact) mass is 269 g/mol. The zero-order chi connectivity index (χ0) is 12.5. The number of hydrogen-bond acceptors (Lipinski definition) is 5. The van der Waals surface area contributed by atoms with Crippen molar-refractivity contribution in [1.29, 1.82) is 0 Å². The Balaban J connectivity index is 2.10. The van der Waals surface area contributed by atoms with Crippen LogP contribution in [0.5, 0.6) is 0 Å². The molecule has 0 aromatic carbocycles. The summed E-state index contributed by atoms with van der Waals surface area (Å²) in [5.74, 6) is 0. The zero-order valence-corrected chi connectivity index (χ0v) is 12.4. The van der Waals surface area contributed by atoms with Crippen LogP contribution in [0, 0.1) is 0 Å². The van der Waals surface area contributed by atoms with Crippen LogP contribution in [0.25, 0.3) is 0 Å². The maximum absolute atomic E-state index is 4.67. The standard InChI is InChI=1S/C12H19N3S2/c1-8-7-9(2)17-11(14-8)15-12(3,4)10-13-5-6-16-10/h5-6,8-9H,7H2,1-4H3,(H,14,15). The minimum atomic E-state index is -0.142. The van der Waals surface area contributed by atoms with Crippen molar-refractivity contribution in [1.82, 2.24) is 10.3 Å². The third kappa shape index (κ3) is 3.22. The van der Waals surface area contributed by atoms with Crippen molar-refractivity contribution in [2.75, 3.05) is 0 Å². The average Bonchev–Trinajstić information content (AvgIpc) is 2.67. The number of thioether (sulfide) groups is 1. The summed E-state index contributed by atoms with van der Waals surface area (Å²) >= 11 is 3.51. The molecule has 1 aliphatic rings. The highest BCUT2D eigenvalue weighted by Gasteiger charge is 2.27. The first-order valence-electron chi connectivity index (χ1n) is 5.90. The van der Waals surface area contributed by atoms with Crippen molar-refractivity contribution in [2.45, 2.75) is 50.9 Å². The molecule has 1 N–H and O–H groups in total. The van der Waals surface area contributed by atoms with Crippen LogP contribution in [0.15, 0.2) is 16.6 Å². The van der Waals surface area contributed by atoms with E-state index in [2.05, 4.69) is 43.0 Å². The normalized spacial score (nSPS) is 25.5. The van der Waals surface area contributed by atoms with Gasteiger partial charge in [0.2, 0.25) is 0 Å². The Kier molecular flexibility index (Phi) is 3.78. The van der Waals surface area contributed by atoms with Crippen molar-refractivity contribution < 1.29 is 0 Å². The van der Waals surface area contributed by atoms with Crippen LogP contribution in [-0.4, -0.2) is 21.4 Å². The molecule has 0 saturated carbocycles. The second-order valence-corrected chi connectivity index (χ2v) is 7.36. The predicted molar refractivity (Wildman–Crippen MR) is 76.8 cm³/mol. The van der Waals surface area contributed by atoms with E-state index in [-0.39, 0.29) is 5.54 Å². The topological polar surface area (TPSA) is 37.3 Å². The lowest BCUT2D eigenvalue weighted by molar-refractivity contribution is 0.483. The van der Waals surface area contributed by atoms with Gasteiger partial charge in [0.05, 0.1) is 11.6 Å². The van der Waals surface area contributed by atoms with Gasteiger partial charge in [0, 0.05) is 16.8 Å². The quantitative estimate of drug-likeness (QED) is 0.895. The van der Waals surface area contributed by atoms with Gasteiger partial charge in [-0.3, -0.25) is 4.99 Å². The molecular weight excluding hydrogens is 250 g/mol. The van der Waals surface area contributed by atoms with Gasteiger partial charge >= 0.3 is 0 Å². The van der Waals surface area contributed by atoms with Crippen LogP contribution in [0.4, 0.5) is 0 Å². The highest BCUT2D eigenvalue weighted by atomic mass is 32.2. The van der Waals surface area contributed by atoms with E-state index < -0.39 is 0 Å². The summed E-state index contributed by atoms with van der Waals surface area (Å²) in [5.41, 5.74) is -0.142. The molecule has 0 spiro atoms. The Labute approximate surface area is 111 Å². The summed E-state index contributed by atoms with van der Waals surface area (Å²) in [4.78, 5) is 9.06. The fourth-order valence-electron chi connectivity index (χ4n) is 1.92. The summed E-state index contributed by atoms with van der Waals surface area (Å²) in [5, 5.41) is 8.32. The van der Waals surface area contributed by atoms with Gasteiger partial charge in [-0.1, -0.05) is 18.7 Å². The minimum Gasteiger partial charge on any atom is -0.354 e. The maximum Gasteiger partial charge on any atom is 0.157 e. The average molecular weight is 269 g/mol. The molecule has 0 radical (unpaired) electrons. The van der Waals surface area contributed by atoms with E-state index in [4.69, 9.17) is 0 Å². The third-order valence-electron chi connectivity index (χ3n) is 2.71. The molecule has 3 nitrogen and oxygen atoms in total. The molecule has 0 amide bonds. The zero-order valence-electron chi connectivity index (χ0n) is 10.7. The van der Waals surface area contributed by atoms with E-state index in [0.717, 1.165) is 16.6 Å². The van der Waals surface area contributed by atoms with Gasteiger partial charge in [-0.25, -0.2) is 4.98 Å². The fraction of sp³-hybridized carbons (Fsp3) is 0.667. The SMILES string of the molecule is CC1CC(C)SC(NC(C)(C)c2nccs2)=N1.